The molecule has 1 fully saturated rings. The fourth-order valence-electron chi connectivity index (χ4n) is 3.76. The van der Waals surface area contributed by atoms with Gasteiger partial charge in [-0.05, 0) is 30.8 Å². The van der Waals surface area contributed by atoms with E-state index in [1.807, 2.05) is 34.4 Å². The number of likely N-dealkylation sites (N-methyl/N-ethyl adjacent to an activating group) is 1. The highest BCUT2D eigenvalue weighted by molar-refractivity contribution is 7.09. The molecule has 0 N–H and O–H groups in total. The third-order valence-corrected chi connectivity index (χ3v) is 6.11. The summed E-state index contributed by atoms with van der Waals surface area (Å²) in [7, 11) is 2.17. The molecule has 1 aliphatic heterocycles. The molecular weight excluding hydrogens is 370 g/mol. The van der Waals surface area contributed by atoms with E-state index >= 15 is 0 Å². The minimum atomic E-state index is 0.220. The lowest BCUT2D eigenvalue weighted by Crippen LogP contribution is -2.46. The van der Waals surface area contributed by atoms with Crippen molar-refractivity contribution < 1.29 is 0 Å². The number of pyridine rings is 2. The van der Waals surface area contributed by atoms with Gasteiger partial charge in [-0.1, -0.05) is 11.3 Å². The first kappa shape index (κ1) is 17.4. The Morgan fingerprint density at radius 3 is 2.79 bits per heavy atom. The Balaban J connectivity index is 1.43. The highest BCUT2D eigenvalue weighted by Gasteiger charge is 2.29. The van der Waals surface area contributed by atoms with Crippen LogP contribution in [0.1, 0.15) is 16.7 Å². The van der Waals surface area contributed by atoms with Gasteiger partial charge in [0.25, 0.3) is 0 Å². The van der Waals surface area contributed by atoms with Crippen LogP contribution in [0.3, 0.4) is 0 Å². The summed E-state index contributed by atoms with van der Waals surface area (Å²) in [6.45, 7) is 3.87. The molecule has 7 nitrogen and oxygen atoms in total. The second kappa shape index (κ2) is 7.38. The number of nitrogens with zero attached hydrogens (tertiary/aromatic N) is 7. The molecular formula is C20H21N7S. The number of hydrogen-bond donors (Lipinski definition) is 0. The zero-order valence-electron chi connectivity index (χ0n) is 15.6. The Kier molecular flexibility index (Phi) is 4.59. The third kappa shape index (κ3) is 3.30. The quantitative estimate of drug-likeness (QED) is 0.533. The van der Waals surface area contributed by atoms with Gasteiger partial charge in [0.05, 0.1) is 18.1 Å². The molecule has 0 amide bonds. The van der Waals surface area contributed by atoms with Crippen LogP contribution in [-0.2, 0) is 6.54 Å². The van der Waals surface area contributed by atoms with E-state index in [1.54, 1.807) is 23.7 Å². The minimum absolute atomic E-state index is 0.220. The first-order chi connectivity index (χ1) is 13.8. The van der Waals surface area contributed by atoms with E-state index in [1.165, 1.54) is 0 Å². The van der Waals surface area contributed by atoms with Crippen molar-refractivity contribution in [1.29, 1.82) is 0 Å². The van der Waals surface area contributed by atoms with Gasteiger partial charge in [0.2, 0.25) is 0 Å². The lowest BCUT2D eigenvalue weighted by Gasteiger charge is -2.38. The number of piperazine rings is 1. The number of fused-ring (bicyclic) bond motifs is 1. The van der Waals surface area contributed by atoms with Crippen molar-refractivity contribution in [3.63, 3.8) is 0 Å². The second-order valence-electron chi connectivity index (χ2n) is 7.12. The smallest absolute Gasteiger partial charge is 0.109 e. The van der Waals surface area contributed by atoms with E-state index in [0.717, 1.165) is 53.5 Å². The van der Waals surface area contributed by atoms with Crippen LogP contribution in [0.4, 0.5) is 0 Å². The average molecular weight is 392 g/mol. The van der Waals surface area contributed by atoms with Crippen LogP contribution in [0.25, 0.3) is 16.6 Å². The van der Waals surface area contributed by atoms with Crippen molar-refractivity contribution in [2.75, 3.05) is 26.7 Å². The first-order valence-corrected chi connectivity index (χ1v) is 10.2. The van der Waals surface area contributed by atoms with Crippen molar-refractivity contribution in [2.24, 2.45) is 0 Å². The Morgan fingerprint density at radius 1 is 1.07 bits per heavy atom. The molecule has 5 rings (SSSR count). The normalized spacial score (nSPS) is 18.7. The van der Waals surface area contributed by atoms with Crippen molar-refractivity contribution in [1.82, 2.24) is 34.6 Å². The molecule has 0 bridgehead atoms. The highest BCUT2D eigenvalue weighted by atomic mass is 32.1. The Labute approximate surface area is 167 Å². The van der Waals surface area contributed by atoms with Crippen LogP contribution < -0.4 is 0 Å². The van der Waals surface area contributed by atoms with Gasteiger partial charge in [-0.15, -0.1) is 16.4 Å². The summed E-state index contributed by atoms with van der Waals surface area (Å²) < 4.78 is 1.89. The predicted octanol–water partition coefficient (Wildman–Crippen LogP) is 2.74. The lowest BCUT2D eigenvalue weighted by atomic mass is 10.1. The molecule has 28 heavy (non-hydrogen) atoms. The molecule has 0 aromatic carbocycles. The lowest BCUT2D eigenvalue weighted by molar-refractivity contribution is 0.0889. The Hall–Kier alpha value is -2.68. The maximum Gasteiger partial charge on any atom is 0.109 e. The fourth-order valence-corrected chi connectivity index (χ4v) is 4.42. The summed E-state index contributed by atoms with van der Waals surface area (Å²) in [5.41, 5.74) is 4.32. The first-order valence-electron chi connectivity index (χ1n) is 9.34. The maximum atomic E-state index is 4.55. The molecule has 8 heteroatoms. The third-order valence-electron chi connectivity index (χ3n) is 5.34. The van der Waals surface area contributed by atoms with Crippen LogP contribution in [0.2, 0.25) is 0 Å². The molecule has 0 spiro atoms. The average Bonchev–Trinajstić information content (AvgIpc) is 3.39. The molecule has 4 aromatic heterocycles. The molecule has 1 atom stereocenters. The van der Waals surface area contributed by atoms with E-state index in [2.05, 4.69) is 49.3 Å². The molecule has 1 saturated heterocycles. The Morgan fingerprint density at radius 2 is 1.96 bits per heavy atom. The monoisotopic (exact) mass is 391 g/mol. The van der Waals surface area contributed by atoms with E-state index in [4.69, 9.17) is 0 Å². The second-order valence-corrected chi connectivity index (χ2v) is 8.09. The molecule has 5 heterocycles. The van der Waals surface area contributed by atoms with Gasteiger partial charge in [-0.2, -0.15) is 0 Å². The van der Waals surface area contributed by atoms with E-state index in [0.29, 0.717) is 0 Å². The molecule has 0 saturated carbocycles. The summed E-state index contributed by atoms with van der Waals surface area (Å²) >= 11 is 1.72. The topological polar surface area (TPSA) is 62.5 Å². The highest BCUT2D eigenvalue weighted by Crippen LogP contribution is 2.28. The zero-order valence-corrected chi connectivity index (χ0v) is 16.5. The van der Waals surface area contributed by atoms with Crippen molar-refractivity contribution in [2.45, 2.75) is 12.6 Å². The van der Waals surface area contributed by atoms with Crippen LogP contribution in [0, 0.1) is 0 Å². The molecule has 0 unspecified atom stereocenters. The van der Waals surface area contributed by atoms with Crippen LogP contribution in [0.15, 0.2) is 54.4 Å². The van der Waals surface area contributed by atoms with Crippen molar-refractivity contribution in [3.05, 3.63) is 65.1 Å². The maximum absolute atomic E-state index is 4.55. The van der Waals surface area contributed by atoms with Gasteiger partial charge in [0.1, 0.15) is 10.7 Å². The molecule has 4 aromatic rings. The molecule has 0 radical (unpaired) electrons. The summed E-state index contributed by atoms with van der Waals surface area (Å²) in [5.74, 6) is 0. The van der Waals surface area contributed by atoms with Gasteiger partial charge >= 0.3 is 0 Å². The van der Waals surface area contributed by atoms with E-state index in [9.17, 15) is 0 Å². The van der Waals surface area contributed by atoms with Gasteiger partial charge < -0.3 is 0 Å². The van der Waals surface area contributed by atoms with E-state index in [-0.39, 0.29) is 6.04 Å². The minimum Gasteiger partial charge on any atom is -0.295 e. The van der Waals surface area contributed by atoms with Gasteiger partial charge in [0.15, 0.2) is 0 Å². The van der Waals surface area contributed by atoms with Crippen LogP contribution in [0.5, 0.6) is 0 Å². The SMILES string of the molecule is CN1CCN(Cc2nccs2)C[C@@H]1c1nnn2cc(-c3ccncc3)ccc12. The van der Waals surface area contributed by atoms with Gasteiger partial charge in [-0.25, -0.2) is 9.50 Å². The van der Waals surface area contributed by atoms with Crippen LogP contribution >= 0.6 is 11.3 Å². The summed E-state index contributed by atoms with van der Waals surface area (Å²) in [5, 5.41) is 12.2. The van der Waals surface area contributed by atoms with Gasteiger partial charge in [0, 0.05) is 55.4 Å². The van der Waals surface area contributed by atoms with Crippen molar-refractivity contribution in [3.8, 4) is 11.1 Å². The molecule has 0 aliphatic carbocycles. The number of rotatable bonds is 4. The molecule has 1 aliphatic rings. The Bertz CT molecular complexity index is 1060. The van der Waals surface area contributed by atoms with Gasteiger partial charge in [-0.3, -0.25) is 14.8 Å². The fraction of sp³-hybridized carbons (Fsp3) is 0.300. The largest absolute Gasteiger partial charge is 0.295 e. The van der Waals surface area contributed by atoms with E-state index < -0.39 is 0 Å². The number of hydrogen-bond acceptors (Lipinski definition) is 7. The number of aromatic nitrogens is 5. The van der Waals surface area contributed by atoms with Crippen molar-refractivity contribution >= 4 is 16.9 Å². The summed E-state index contributed by atoms with van der Waals surface area (Å²) in [6.07, 6.45) is 7.53. The summed E-state index contributed by atoms with van der Waals surface area (Å²) in [4.78, 5) is 13.4. The summed E-state index contributed by atoms with van der Waals surface area (Å²) in [6, 6.07) is 8.49. The molecule has 142 valence electrons. The standard InChI is InChI=1S/C20H21N7S/c1-25-9-10-26(14-19-22-8-11-28-19)13-18(25)20-17-3-2-16(12-27(17)24-23-20)15-4-6-21-7-5-15/h2-8,11-12,18H,9-10,13-14H2,1H3/t18-/m1/s1. The predicted molar refractivity (Wildman–Crippen MR) is 109 cm³/mol. The number of thiazole rings is 1. The zero-order chi connectivity index (χ0) is 18.9. The van der Waals surface area contributed by atoms with Crippen LogP contribution in [-0.4, -0.2) is 61.3 Å².